The van der Waals surface area contributed by atoms with Crippen molar-refractivity contribution in [3.05, 3.63) is 29.8 Å². The predicted octanol–water partition coefficient (Wildman–Crippen LogP) is 0.299. The van der Waals surface area contributed by atoms with Gasteiger partial charge in [-0.2, -0.15) is 5.26 Å². The maximum absolute atomic E-state index is 11.5. The fourth-order valence-electron chi connectivity index (χ4n) is 1.20. The van der Waals surface area contributed by atoms with Crippen molar-refractivity contribution >= 4 is 17.6 Å². The molecule has 0 saturated carbocycles. The summed E-state index contributed by atoms with van der Waals surface area (Å²) in [5.41, 5.74) is 6.00. The van der Waals surface area contributed by atoms with Gasteiger partial charge in [-0.3, -0.25) is 9.59 Å². The van der Waals surface area contributed by atoms with E-state index in [1.165, 1.54) is 0 Å². The van der Waals surface area contributed by atoms with E-state index in [9.17, 15) is 9.59 Å². The van der Waals surface area contributed by atoms with Gasteiger partial charge in [-0.1, -0.05) is 12.1 Å². The second-order valence-corrected chi connectivity index (χ2v) is 3.35. The number of anilines is 1. The first-order chi connectivity index (χ1) is 8.04. The Kier molecular flexibility index (Phi) is 4.20. The van der Waals surface area contributed by atoms with Crippen molar-refractivity contribution < 1.29 is 14.7 Å². The lowest BCUT2D eigenvalue weighted by Crippen LogP contribution is -2.37. The lowest BCUT2D eigenvalue weighted by atomic mass is 10.1. The number of nitrogens with zero attached hydrogens (tertiary/aromatic N) is 1. The zero-order valence-electron chi connectivity index (χ0n) is 8.88. The van der Waals surface area contributed by atoms with Crippen molar-refractivity contribution in [2.24, 2.45) is 5.73 Å². The molecular weight excluding hydrogens is 222 g/mol. The number of rotatable bonds is 4. The number of carbonyl (C=O) groups excluding carboxylic acids is 1. The van der Waals surface area contributed by atoms with Crippen LogP contribution in [-0.2, 0) is 9.59 Å². The molecule has 1 rings (SSSR count). The molecule has 0 aliphatic carbocycles. The Balaban J connectivity index is 2.75. The molecule has 1 amide bonds. The first kappa shape index (κ1) is 12.7. The fraction of sp³-hybridized carbons (Fsp3) is 0.182. The zero-order chi connectivity index (χ0) is 12.8. The van der Waals surface area contributed by atoms with Gasteiger partial charge in [0, 0.05) is 0 Å². The number of benzene rings is 1. The number of carboxylic acids is 1. The summed E-state index contributed by atoms with van der Waals surface area (Å²) in [6.07, 6.45) is -0.458. The number of carbonyl (C=O) groups is 2. The summed E-state index contributed by atoms with van der Waals surface area (Å²) >= 11 is 0. The molecule has 1 aromatic rings. The van der Waals surface area contributed by atoms with Crippen LogP contribution in [0.15, 0.2) is 24.3 Å². The van der Waals surface area contributed by atoms with E-state index >= 15 is 0 Å². The summed E-state index contributed by atoms with van der Waals surface area (Å²) in [5, 5.41) is 19.7. The van der Waals surface area contributed by atoms with Gasteiger partial charge in [-0.05, 0) is 12.1 Å². The Bertz CT molecular complexity index is 479. The number of nitriles is 1. The number of nitrogens with two attached hydrogens (primary N) is 1. The molecule has 0 fully saturated rings. The third-order valence-corrected chi connectivity index (χ3v) is 2.04. The Labute approximate surface area is 97.7 Å². The quantitative estimate of drug-likeness (QED) is 0.691. The minimum Gasteiger partial charge on any atom is -0.481 e. The monoisotopic (exact) mass is 233 g/mol. The van der Waals surface area contributed by atoms with Crippen molar-refractivity contribution in [3.8, 4) is 6.07 Å². The van der Waals surface area contributed by atoms with Gasteiger partial charge in [0.2, 0.25) is 5.91 Å². The van der Waals surface area contributed by atoms with Gasteiger partial charge in [-0.25, -0.2) is 0 Å². The van der Waals surface area contributed by atoms with Crippen LogP contribution in [0.5, 0.6) is 0 Å². The lowest BCUT2D eigenvalue weighted by molar-refractivity contribution is -0.138. The predicted molar refractivity (Wildman–Crippen MR) is 60.0 cm³/mol. The van der Waals surface area contributed by atoms with Crippen molar-refractivity contribution in [2.45, 2.75) is 12.5 Å². The molecule has 0 heterocycles. The van der Waals surface area contributed by atoms with Gasteiger partial charge in [0.1, 0.15) is 6.07 Å². The number of nitrogens with one attached hydrogen (secondary N) is 1. The normalized spacial score (nSPS) is 11.3. The lowest BCUT2D eigenvalue weighted by Gasteiger charge is -2.10. The summed E-state index contributed by atoms with van der Waals surface area (Å²) < 4.78 is 0. The smallest absolute Gasteiger partial charge is 0.305 e. The first-order valence-corrected chi connectivity index (χ1v) is 4.82. The number of hydrogen-bond donors (Lipinski definition) is 3. The first-order valence-electron chi connectivity index (χ1n) is 4.82. The van der Waals surface area contributed by atoms with Gasteiger partial charge in [0.25, 0.3) is 0 Å². The van der Waals surface area contributed by atoms with E-state index in [0.717, 1.165) is 0 Å². The van der Waals surface area contributed by atoms with E-state index in [-0.39, 0.29) is 0 Å². The number of amides is 1. The van der Waals surface area contributed by atoms with Gasteiger partial charge in [0.05, 0.1) is 23.7 Å². The number of aliphatic carboxylic acids is 1. The molecule has 6 heteroatoms. The third kappa shape index (κ3) is 3.59. The minimum absolute atomic E-state index is 0.295. The summed E-state index contributed by atoms with van der Waals surface area (Å²) in [6, 6.07) is 7.16. The molecule has 88 valence electrons. The van der Waals surface area contributed by atoms with E-state index < -0.39 is 24.3 Å². The summed E-state index contributed by atoms with van der Waals surface area (Å²) in [5.74, 6) is -1.78. The van der Waals surface area contributed by atoms with Crippen LogP contribution in [0.3, 0.4) is 0 Å². The second-order valence-electron chi connectivity index (χ2n) is 3.35. The zero-order valence-corrected chi connectivity index (χ0v) is 8.88. The molecule has 0 bridgehead atoms. The molecule has 0 aliphatic rings. The maximum atomic E-state index is 11.5. The van der Waals surface area contributed by atoms with Crippen LogP contribution in [0.1, 0.15) is 12.0 Å². The molecule has 0 radical (unpaired) electrons. The standard InChI is InChI=1S/C11H11N3O3/c12-6-7-3-1-2-4-9(7)14-11(17)8(13)5-10(15)16/h1-4,8H,5,13H2,(H,14,17)(H,15,16). The van der Waals surface area contributed by atoms with Gasteiger partial charge in [-0.15, -0.1) is 0 Å². The van der Waals surface area contributed by atoms with Crippen LogP contribution in [0, 0.1) is 11.3 Å². The van der Waals surface area contributed by atoms with E-state index in [1.807, 2.05) is 6.07 Å². The van der Waals surface area contributed by atoms with Crippen LogP contribution in [0.2, 0.25) is 0 Å². The Morgan fingerprint density at radius 1 is 1.47 bits per heavy atom. The number of para-hydroxylation sites is 1. The SMILES string of the molecule is N#Cc1ccccc1NC(=O)C(N)CC(=O)O. The third-order valence-electron chi connectivity index (χ3n) is 2.04. The molecule has 1 unspecified atom stereocenters. The van der Waals surface area contributed by atoms with Gasteiger partial charge in [0.15, 0.2) is 0 Å². The molecule has 4 N–H and O–H groups in total. The topological polar surface area (TPSA) is 116 Å². The number of hydrogen-bond acceptors (Lipinski definition) is 4. The Hall–Kier alpha value is -2.39. The molecule has 17 heavy (non-hydrogen) atoms. The average molecular weight is 233 g/mol. The highest BCUT2D eigenvalue weighted by Crippen LogP contribution is 2.13. The summed E-state index contributed by atoms with van der Waals surface area (Å²) in [4.78, 5) is 21.9. The second kappa shape index (κ2) is 5.63. The van der Waals surface area contributed by atoms with E-state index in [2.05, 4.69) is 5.32 Å². The number of carboxylic acid groups (broad SMARTS) is 1. The van der Waals surface area contributed by atoms with E-state index in [0.29, 0.717) is 11.3 Å². The fourth-order valence-corrected chi connectivity index (χ4v) is 1.20. The Morgan fingerprint density at radius 3 is 2.71 bits per heavy atom. The highest BCUT2D eigenvalue weighted by molar-refractivity contribution is 5.97. The minimum atomic E-state index is -1.15. The molecule has 0 aliphatic heterocycles. The molecule has 0 saturated heterocycles. The van der Waals surface area contributed by atoms with Crippen LogP contribution in [0.4, 0.5) is 5.69 Å². The van der Waals surface area contributed by atoms with Crippen molar-refractivity contribution in [1.82, 2.24) is 0 Å². The van der Waals surface area contributed by atoms with Crippen LogP contribution in [0.25, 0.3) is 0 Å². The Morgan fingerprint density at radius 2 is 2.12 bits per heavy atom. The van der Waals surface area contributed by atoms with Crippen molar-refractivity contribution in [3.63, 3.8) is 0 Å². The maximum Gasteiger partial charge on any atom is 0.305 e. The van der Waals surface area contributed by atoms with Crippen LogP contribution < -0.4 is 11.1 Å². The van der Waals surface area contributed by atoms with Crippen molar-refractivity contribution in [2.75, 3.05) is 5.32 Å². The average Bonchev–Trinajstić information content (AvgIpc) is 2.28. The van der Waals surface area contributed by atoms with E-state index in [1.54, 1.807) is 24.3 Å². The molecule has 0 spiro atoms. The highest BCUT2D eigenvalue weighted by atomic mass is 16.4. The summed E-state index contributed by atoms with van der Waals surface area (Å²) in [6.45, 7) is 0. The summed E-state index contributed by atoms with van der Waals surface area (Å²) in [7, 11) is 0. The molecular formula is C11H11N3O3. The highest BCUT2D eigenvalue weighted by Gasteiger charge is 2.17. The van der Waals surface area contributed by atoms with E-state index in [4.69, 9.17) is 16.1 Å². The molecule has 6 nitrogen and oxygen atoms in total. The van der Waals surface area contributed by atoms with Gasteiger partial charge < -0.3 is 16.2 Å². The molecule has 1 atom stereocenters. The van der Waals surface area contributed by atoms with Gasteiger partial charge >= 0.3 is 5.97 Å². The van der Waals surface area contributed by atoms with Crippen molar-refractivity contribution in [1.29, 1.82) is 5.26 Å². The molecule has 0 aromatic heterocycles. The molecule has 1 aromatic carbocycles. The largest absolute Gasteiger partial charge is 0.481 e. The van der Waals surface area contributed by atoms with Crippen LogP contribution in [-0.4, -0.2) is 23.0 Å². The van der Waals surface area contributed by atoms with Crippen LogP contribution >= 0.6 is 0 Å².